The summed E-state index contributed by atoms with van der Waals surface area (Å²) in [5.74, 6) is -2.79. The zero-order valence-electron chi connectivity index (χ0n) is 26.6. The third-order valence-electron chi connectivity index (χ3n) is 8.71. The molecule has 0 bridgehead atoms. The number of anilines is 2. The Bertz CT molecular complexity index is 2390. The van der Waals surface area contributed by atoms with Crippen LogP contribution in [-0.2, 0) is 0 Å². The van der Waals surface area contributed by atoms with Crippen molar-refractivity contribution >= 4 is 57.7 Å². The van der Waals surface area contributed by atoms with Gasteiger partial charge in [0.05, 0.1) is 44.8 Å². The van der Waals surface area contributed by atoms with E-state index in [4.69, 9.17) is 9.47 Å². The zero-order valence-corrected chi connectivity index (χ0v) is 26.6. The van der Waals surface area contributed by atoms with Gasteiger partial charge in [-0.25, -0.2) is 19.4 Å². The van der Waals surface area contributed by atoms with Crippen LogP contribution >= 0.6 is 0 Å². The van der Waals surface area contributed by atoms with Crippen LogP contribution in [0.4, 0.5) is 11.4 Å². The molecule has 4 amide bonds. The van der Waals surface area contributed by atoms with Crippen molar-refractivity contribution in [3.05, 3.63) is 155 Å². The summed E-state index contributed by atoms with van der Waals surface area (Å²) < 4.78 is 12.1. The minimum atomic E-state index is -1.20. The van der Waals surface area contributed by atoms with E-state index in [1.807, 2.05) is 24.3 Å². The molecular formula is C40H22N2O10. The zero-order chi connectivity index (χ0) is 36.3. The average molecular weight is 691 g/mol. The normalized spacial score (nSPS) is 13.4. The monoisotopic (exact) mass is 690 g/mol. The summed E-state index contributed by atoms with van der Waals surface area (Å²) in [7, 11) is 0. The maximum atomic E-state index is 13.0. The van der Waals surface area contributed by atoms with E-state index in [9.17, 15) is 39.0 Å². The molecule has 0 unspecified atom stereocenters. The van der Waals surface area contributed by atoms with Crippen molar-refractivity contribution in [3.63, 3.8) is 0 Å². The second-order valence-electron chi connectivity index (χ2n) is 11.9. The number of amides is 4. The summed E-state index contributed by atoms with van der Waals surface area (Å²) in [6, 6.07) is 31.4. The van der Waals surface area contributed by atoms with Gasteiger partial charge in [-0.1, -0.05) is 12.1 Å². The minimum Gasteiger partial charge on any atom is -0.478 e. The quantitative estimate of drug-likeness (QED) is 0.153. The smallest absolute Gasteiger partial charge is 0.335 e. The highest BCUT2D eigenvalue weighted by atomic mass is 16.5. The predicted octanol–water partition coefficient (Wildman–Crippen LogP) is 7.42. The molecule has 0 aromatic heterocycles. The van der Waals surface area contributed by atoms with E-state index in [-0.39, 0.29) is 33.4 Å². The molecule has 12 heteroatoms. The number of rotatable bonds is 8. The summed E-state index contributed by atoms with van der Waals surface area (Å²) in [4.78, 5) is 76.6. The van der Waals surface area contributed by atoms with Crippen molar-refractivity contribution in [3.8, 4) is 23.0 Å². The third-order valence-corrected chi connectivity index (χ3v) is 8.71. The molecule has 0 spiro atoms. The number of fused-ring (bicyclic) bond motifs is 3. The van der Waals surface area contributed by atoms with Crippen LogP contribution in [-0.4, -0.2) is 45.8 Å². The number of nitrogens with zero attached hydrogens (tertiary/aromatic N) is 2. The number of carboxylic acids is 2. The van der Waals surface area contributed by atoms with Gasteiger partial charge >= 0.3 is 11.9 Å². The van der Waals surface area contributed by atoms with Crippen molar-refractivity contribution in [2.75, 3.05) is 9.80 Å². The van der Waals surface area contributed by atoms with Crippen LogP contribution in [0.1, 0.15) is 62.1 Å². The summed E-state index contributed by atoms with van der Waals surface area (Å²) in [6.07, 6.45) is 0. The molecule has 0 aliphatic carbocycles. The number of hydrogen-bond donors (Lipinski definition) is 2. The van der Waals surface area contributed by atoms with Crippen LogP contribution in [0.15, 0.2) is 121 Å². The number of imide groups is 2. The van der Waals surface area contributed by atoms with E-state index in [0.717, 1.165) is 20.6 Å². The van der Waals surface area contributed by atoms with Gasteiger partial charge in [-0.15, -0.1) is 0 Å². The summed E-state index contributed by atoms with van der Waals surface area (Å²) in [5.41, 5.74) is 0.765. The molecule has 6 aromatic carbocycles. The van der Waals surface area contributed by atoms with Crippen LogP contribution < -0.4 is 19.3 Å². The summed E-state index contributed by atoms with van der Waals surface area (Å²) in [5, 5.41) is 20.3. The van der Waals surface area contributed by atoms with Crippen molar-refractivity contribution in [1.82, 2.24) is 0 Å². The van der Waals surface area contributed by atoms with E-state index in [0.29, 0.717) is 34.4 Å². The number of aromatic carboxylic acids is 2. The topological polar surface area (TPSA) is 168 Å². The Labute approximate surface area is 293 Å². The van der Waals surface area contributed by atoms with Crippen LogP contribution in [0.3, 0.4) is 0 Å². The van der Waals surface area contributed by atoms with Gasteiger partial charge in [0.25, 0.3) is 23.6 Å². The maximum Gasteiger partial charge on any atom is 0.335 e. The van der Waals surface area contributed by atoms with Gasteiger partial charge in [0.15, 0.2) is 0 Å². The average Bonchev–Trinajstić information content (AvgIpc) is 3.55. The number of carbonyl (C=O) groups is 6. The molecule has 252 valence electrons. The van der Waals surface area contributed by atoms with Crippen LogP contribution in [0.2, 0.25) is 0 Å². The van der Waals surface area contributed by atoms with Crippen LogP contribution in [0.25, 0.3) is 10.8 Å². The van der Waals surface area contributed by atoms with Gasteiger partial charge in [-0.3, -0.25) is 19.2 Å². The number of carbonyl (C=O) groups excluding carboxylic acids is 4. The van der Waals surface area contributed by atoms with Crippen LogP contribution in [0.5, 0.6) is 23.0 Å². The fourth-order valence-corrected chi connectivity index (χ4v) is 6.15. The molecule has 0 saturated heterocycles. The first-order valence-electron chi connectivity index (χ1n) is 15.7. The van der Waals surface area contributed by atoms with Gasteiger partial charge in [0, 0.05) is 0 Å². The van der Waals surface area contributed by atoms with Crippen molar-refractivity contribution in [2.24, 2.45) is 0 Å². The SMILES string of the molecule is O=C(O)c1ccc2c(c1)C(=O)N(c1ccc(Oc3ccc4ccc(Oc5ccc(N6C(=O)c7ccc(C(=O)O)cc7C6=O)cc5)cc4c3)cc1)C2=O. The van der Waals surface area contributed by atoms with Crippen LogP contribution in [0, 0.1) is 0 Å². The molecule has 12 nitrogen and oxygen atoms in total. The highest BCUT2D eigenvalue weighted by Gasteiger charge is 2.38. The standard InChI is InChI=1S/C40H22N2O10/c43-35-31-15-3-22(39(47)48)19-33(31)37(45)41(35)25-5-11-27(12-6-25)51-29-9-1-21-2-10-30(18-24(21)17-29)52-28-13-7-26(8-14-28)42-36(44)32-16-4-23(40(49)50)20-34(32)38(42)46/h1-20H,(H,47,48)(H,49,50). The van der Waals surface area contributed by atoms with Gasteiger partial charge in [0.1, 0.15) is 23.0 Å². The molecular weight excluding hydrogens is 668 g/mol. The Morgan fingerprint density at radius 3 is 1.15 bits per heavy atom. The molecule has 2 heterocycles. The first-order chi connectivity index (χ1) is 25.0. The maximum absolute atomic E-state index is 13.0. The number of hydrogen-bond acceptors (Lipinski definition) is 8. The molecule has 0 radical (unpaired) electrons. The van der Waals surface area contributed by atoms with Crippen molar-refractivity contribution in [2.45, 2.75) is 0 Å². The second kappa shape index (κ2) is 12.1. The first kappa shape index (κ1) is 31.7. The lowest BCUT2D eigenvalue weighted by Gasteiger charge is -2.15. The second-order valence-corrected chi connectivity index (χ2v) is 11.9. The molecule has 0 atom stereocenters. The lowest BCUT2D eigenvalue weighted by molar-refractivity contribution is 0.0686. The van der Waals surface area contributed by atoms with Gasteiger partial charge in [-0.05, 0) is 120 Å². The fraction of sp³-hybridized carbons (Fsp3) is 0. The molecule has 2 aliphatic heterocycles. The Morgan fingerprint density at radius 1 is 0.404 bits per heavy atom. The van der Waals surface area contributed by atoms with Gasteiger partial charge in [0.2, 0.25) is 0 Å². The summed E-state index contributed by atoms with van der Waals surface area (Å²) >= 11 is 0. The van der Waals surface area contributed by atoms with E-state index in [2.05, 4.69) is 0 Å². The van der Waals surface area contributed by atoms with E-state index in [1.54, 1.807) is 60.7 Å². The fourth-order valence-electron chi connectivity index (χ4n) is 6.15. The molecule has 0 fully saturated rings. The lowest BCUT2D eigenvalue weighted by Crippen LogP contribution is -2.29. The third kappa shape index (κ3) is 5.36. The number of carboxylic acid groups (broad SMARTS) is 2. The van der Waals surface area contributed by atoms with E-state index < -0.39 is 35.6 Å². The highest BCUT2D eigenvalue weighted by molar-refractivity contribution is 6.35. The van der Waals surface area contributed by atoms with E-state index >= 15 is 0 Å². The largest absolute Gasteiger partial charge is 0.478 e. The summed E-state index contributed by atoms with van der Waals surface area (Å²) in [6.45, 7) is 0. The molecule has 52 heavy (non-hydrogen) atoms. The Hall–Kier alpha value is -7.60. The molecule has 2 N–H and O–H groups in total. The Morgan fingerprint density at radius 2 is 0.769 bits per heavy atom. The molecule has 2 aliphatic rings. The van der Waals surface area contributed by atoms with Gasteiger partial charge < -0.3 is 19.7 Å². The first-order valence-corrected chi connectivity index (χ1v) is 15.7. The number of ether oxygens (including phenoxy) is 2. The molecule has 8 rings (SSSR count). The predicted molar refractivity (Wildman–Crippen MR) is 186 cm³/mol. The molecule has 0 saturated carbocycles. The van der Waals surface area contributed by atoms with E-state index in [1.165, 1.54) is 36.4 Å². The Balaban J connectivity index is 0.954. The number of benzene rings is 6. The lowest BCUT2D eigenvalue weighted by atomic mass is 10.1. The van der Waals surface area contributed by atoms with Gasteiger partial charge in [-0.2, -0.15) is 0 Å². The van der Waals surface area contributed by atoms with Crippen molar-refractivity contribution < 1.29 is 48.5 Å². The minimum absolute atomic E-state index is 0.0297. The molecule has 6 aromatic rings. The van der Waals surface area contributed by atoms with Crippen molar-refractivity contribution in [1.29, 1.82) is 0 Å². The highest BCUT2D eigenvalue weighted by Crippen LogP contribution is 2.35. The Kier molecular flexibility index (Phi) is 7.35.